The highest BCUT2D eigenvalue weighted by atomic mass is 16.6. The van der Waals surface area contributed by atoms with Crippen molar-refractivity contribution in [3.8, 4) is 0 Å². The zero-order valence-electron chi connectivity index (χ0n) is 52.4. The first kappa shape index (κ1) is 76.7. The van der Waals surface area contributed by atoms with Crippen LogP contribution in [0.3, 0.4) is 0 Å². The third-order valence-corrected chi connectivity index (χ3v) is 12.5. The van der Waals surface area contributed by atoms with E-state index in [1.165, 1.54) is 25.7 Å². The lowest BCUT2D eigenvalue weighted by Gasteiger charge is -2.18. The number of carbonyl (C=O) groups is 3. The first-order valence-corrected chi connectivity index (χ1v) is 32.2. The minimum absolute atomic E-state index is 0.103. The van der Waals surface area contributed by atoms with Gasteiger partial charge in [0.2, 0.25) is 0 Å². The molecule has 0 radical (unpaired) electrons. The first-order chi connectivity index (χ1) is 41.0. The molecule has 0 aliphatic carbocycles. The summed E-state index contributed by atoms with van der Waals surface area (Å²) >= 11 is 0. The molecule has 0 aromatic rings. The molecular formula is C77H114O6. The van der Waals surface area contributed by atoms with E-state index in [1.807, 2.05) is 6.08 Å². The largest absolute Gasteiger partial charge is 0.462 e. The van der Waals surface area contributed by atoms with Crippen LogP contribution in [0, 0.1) is 0 Å². The Balaban J connectivity index is 4.59. The molecule has 0 aliphatic rings. The Morgan fingerprint density at radius 2 is 0.494 bits per heavy atom. The van der Waals surface area contributed by atoms with E-state index < -0.39 is 12.1 Å². The molecule has 6 heteroatoms. The van der Waals surface area contributed by atoms with E-state index in [9.17, 15) is 14.4 Å². The lowest BCUT2D eigenvalue weighted by Crippen LogP contribution is -2.30. The fourth-order valence-corrected chi connectivity index (χ4v) is 7.80. The molecule has 0 amide bonds. The summed E-state index contributed by atoms with van der Waals surface area (Å²) in [7, 11) is 0. The van der Waals surface area contributed by atoms with E-state index in [0.29, 0.717) is 12.8 Å². The smallest absolute Gasteiger partial charge is 0.309 e. The van der Waals surface area contributed by atoms with Gasteiger partial charge < -0.3 is 14.2 Å². The molecule has 0 saturated carbocycles. The summed E-state index contributed by atoms with van der Waals surface area (Å²) in [5.74, 6) is -1.16. The van der Waals surface area contributed by atoms with Gasteiger partial charge in [0.05, 0.1) is 6.42 Å². The van der Waals surface area contributed by atoms with E-state index in [4.69, 9.17) is 14.2 Å². The fraction of sp³-hybridized carbons (Fsp3) is 0.494. The summed E-state index contributed by atoms with van der Waals surface area (Å²) in [5, 5.41) is 0. The van der Waals surface area contributed by atoms with Crippen LogP contribution >= 0.6 is 0 Å². The summed E-state index contributed by atoms with van der Waals surface area (Å²) < 4.78 is 16.7. The maximum Gasteiger partial charge on any atom is 0.309 e. The van der Waals surface area contributed by atoms with Gasteiger partial charge in [-0.3, -0.25) is 14.4 Å². The highest BCUT2D eigenvalue weighted by Gasteiger charge is 2.19. The maximum absolute atomic E-state index is 12.9. The second-order valence-corrected chi connectivity index (χ2v) is 20.2. The van der Waals surface area contributed by atoms with E-state index in [0.717, 1.165) is 148 Å². The zero-order chi connectivity index (χ0) is 59.9. The summed E-state index contributed by atoms with van der Waals surface area (Å²) in [6.07, 6.45) is 107. The van der Waals surface area contributed by atoms with Gasteiger partial charge in [-0.2, -0.15) is 0 Å². The molecule has 0 saturated heterocycles. The van der Waals surface area contributed by atoms with Crippen molar-refractivity contribution in [1.29, 1.82) is 0 Å². The zero-order valence-corrected chi connectivity index (χ0v) is 52.4. The van der Waals surface area contributed by atoms with Gasteiger partial charge in [0.1, 0.15) is 13.2 Å². The lowest BCUT2D eigenvalue weighted by atomic mass is 10.1. The number of esters is 3. The average molecular weight is 1140 g/mol. The van der Waals surface area contributed by atoms with Crippen molar-refractivity contribution < 1.29 is 28.6 Å². The van der Waals surface area contributed by atoms with Crippen LogP contribution in [0.15, 0.2) is 219 Å². The van der Waals surface area contributed by atoms with Crippen LogP contribution in [0.1, 0.15) is 226 Å². The third kappa shape index (κ3) is 66.4. The molecule has 0 rings (SSSR count). The number of rotatable bonds is 55. The first-order valence-electron chi connectivity index (χ1n) is 32.2. The highest BCUT2D eigenvalue weighted by Crippen LogP contribution is 2.13. The van der Waals surface area contributed by atoms with Crippen LogP contribution in [0.4, 0.5) is 0 Å². The molecule has 0 bridgehead atoms. The van der Waals surface area contributed by atoms with E-state index in [2.05, 4.69) is 227 Å². The molecule has 6 nitrogen and oxygen atoms in total. The highest BCUT2D eigenvalue weighted by molar-refractivity contribution is 5.72. The average Bonchev–Trinajstić information content (AvgIpc) is 3.49. The van der Waals surface area contributed by atoms with Crippen LogP contribution in [0.2, 0.25) is 0 Å². The van der Waals surface area contributed by atoms with Gasteiger partial charge in [0.25, 0.3) is 0 Å². The SMILES string of the molecule is CC/C=C\C/C=C\C/C=C\C/C=C\C/C=C\C/C=C\C/C=C\C/C=C\C/C=C\CCCC(=O)OCC(COC(=O)C/C=C\C/C=C\C/C=C\C/C=C\C/C=C\CC)OC(=O)CCCCCCCCCC/C=C\C/C=C\C/C=C\C/C=C\CC. The Hall–Kier alpha value is -6.27. The van der Waals surface area contributed by atoms with Crippen LogP contribution in [0.25, 0.3) is 0 Å². The molecule has 0 spiro atoms. The molecule has 0 heterocycles. The normalized spacial score (nSPS) is 13.6. The summed E-state index contributed by atoms with van der Waals surface area (Å²) in [6, 6.07) is 0. The summed E-state index contributed by atoms with van der Waals surface area (Å²) in [5.41, 5.74) is 0. The van der Waals surface area contributed by atoms with E-state index >= 15 is 0 Å². The monoisotopic (exact) mass is 1130 g/mol. The predicted octanol–water partition coefficient (Wildman–Crippen LogP) is 22.5. The molecular weight excluding hydrogens is 1020 g/mol. The van der Waals surface area contributed by atoms with Gasteiger partial charge in [-0.15, -0.1) is 0 Å². The Morgan fingerprint density at radius 3 is 0.819 bits per heavy atom. The fourth-order valence-electron chi connectivity index (χ4n) is 7.80. The van der Waals surface area contributed by atoms with Crippen LogP contribution in [-0.2, 0) is 28.6 Å². The van der Waals surface area contributed by atoms with Crippen LogP contribution in [-0.4, -0.2) is 37.2 Å². The van der Waals surface area contributed by atoms with Crippen molar-refractivity contribution >= 4 is 17.9 Å². The second kappa shape index (κ2) is 68.2. The number of ether oxygens (including phenoxy) is 3. The van der Waals surface area contributed by atoms with Gasteiger partial charge in [-0.25, -0.2) is 0 Å². The van der Waals surface area contributed by atoms with Gasteiger partial charge >= 0.3 is 17.9 Å². The van der Waals surface area contributed by atoms with Gasteiger partial charge in [-0.05, 0) is 148 Å². The van der Waals surface area contributed by atoms with Crippen molar-refractivity contribution in [3.05, 3.63) is 219 Å². The van der Waals surface area contributed by atoms with E-state index in [1.54, 1.807) is 6.08 Å². The molecule has 83 heavy (non-hydrogen) atoms. The lowest BCUT2D eigenvalue weighted by molar-refractivity contribution is -0.166. The number of hydrogen-bond acceptors (Lipinski definition) is 6. The van der Waals surface area contributed by atoms with Crippen LogP contribution < -0.4 is 0 Å². The molecule has 0 aromatic carbocycles. The molecule has 458 valence electrons. The van der Waals surface area contributed by atoms with Crippen LogP contribution in [0.5, 0.6) is 0 Å². The number of unbranched alkanes of at least 4 members (excludes halogenated alkanes) is 9. The Bertz CT molecular complexity index is 2080. The Labute approximate surface area is 508 Å². The second-order valence-electron chi connectivity index (χ2n) is 20.2. The van der Waals surface area contributed by atoms with Gasteiger partial charge in [0, 0.05) is 12.8 Å². The van der Waals surface area contributed by atoms with Crippen molar-refractivity contribution in [2.45, 2.75) is 232 Å². The molecule has 0 N–H and O–H groups in total. The topological polar surface area (TPSA) is 78.9 Å². The van der Waals surface area contributed by atoms with E-state index in [-0.39, 0.29) is 44.4 Å². The molecule has 0 aromatic heterocycles. The molecule has 1 unspecified atom stereocenters. The van der Waals surface area contributed by atoms with Crippen molar-refractivity contribution in [1.82, 2.24) is 0 Å². The maximum atomic E-state index is 12.9. The molecule has 1 atom stereocenters. The van der Waals surface area contributed by atoms with Crippen molar-refractivity contribution in [3.63, 3.8) is 0 Å². The summed E-state index contributed by atoms with van der Waals surface area (Å²) in [6.45, 7) is 6.13. The van der Waals surface area contributed by atoms with Crippen molar-refractivity contribution in [2.75, 3.05) is 13.2 Å². The standard InChI is InChI=1S/C77H114O6/c1-4-7-10-13-16-19-22-25-28-30-32-34-35-36-37-38-39-40-41-43-44-46-49-52-55-58-61-64-67-70-76(79)82-73-74(72-81-75(78)69-66-63-60-57-54-51-48-27-24-21-18-15-12-9-6-3)83-77(80)71-68-65-62-59-56-53-50-47-45-42-33-31-29-26-23-20-17-14-11-8-5-2/h7-12,16-21,25-29,32-34,36-37,39-40,42-44,48-49,52,54,57-58,61,63,66,74H,4-6,13-15,22-24,30-31,35,38,41,45-47,50-51,53,55-56,59-60,62,64-65,67-73H2,1-3H3/b10-7-,11-8-,12-9-,19-16-,20-17-,21-18-,28-25-,29-26-,34-32-,37-36-,40-39-,42-33-,44-43-,48-27-,52-49-,57-54-,61-58-,66-63-. The number of hydrogen-bond donors (Lipinski definition) is 0. The molecule has 0 fully saturated rings. The van der Waals surface area contributed by atoms with Crippen molar-refractivity contribution in [2.24, 2.45) is 0 Å². The minimum Gasteiger partial charge on any atom is -0.462 e. The molecule has 0 aliphatic heterocycles. The number of carbonyl (C=O) groups excluding carboxylic acids is 3. The number of allylic oxidation sites excluding steroid dienone is 35. The summed E-state index contributed by atoms with van der Waals surface area (Å²) in [4.78, 5) is 38.3. The van der Waals surface area contributed by atoms with Gasteiger partial charge in [0.15, 0.2) is 6.10 Å². The van der Waals surface area contributed by atoms with Gasteiger partial charge in [-0.1, -0.05) is 278 Å². The Kier molecular flexibility index (Phi) is 63.1. The Morgan fingerprint density at radius 1 is 0.253 bits per heavy atom. The predicted molar refractivity (Wildman–Crippen MR) is 361 cm³/mol. The minimum atomic E-state index is -0.862. The quantitative estimate of drug-likeness (QED) is 0.0261. The third-order valence-electron chi connectivity index (χ3n) is 12.5.